The van der Waals surface area contributed by atoms with Gasteiger partial charge in [0.05, 0.1) is 13.1 Å². The zero-order chi connectivity index (χ0) is 17.6. The molecule has 2 fully saturated rings. The van der Waals surface area contributed by atoms with Crippen LogP contribution in [0.3, 0.4) is 0 Å². The zero-order valence-corrected chi connectivity index (χ0v) is 13.9. The molecule has 1 saturated carbocycles. The molecule has 1 saturated heterocycles. The Balaban J connectivity index is 1.45. The Morgan fingerprint density at radius 2 is 2.20 bits per heavy atom. The van der Waals surface area contributed by atoms with Crippen LogP contribution in [0.1, 0.15) is 18.9 Å². The van der Waals surface area contributed by atoms with Gasteiger partial charge in [-0.1, -0.05) is 12.1 Å². The van der Waals surface area contributed by atoms with Crippen molar-refractivity contribution in [2.24, 2.45) is 0 Å². The molecule has 4 rings (SSSR count). The van der Waals surface area contributed by atoms with E-state index in [1.54, 1.807) is 9.80 Å². The number of cyclic esters (lactones) is 1. The van der Waals surface area contributed by atoms with Crippen LogP contribution in [0.5, 0.6) is 0 Å². The van der Waals surface area contributed by atoms with E-state index < -0.39 is 6.09 Å². The largest absolute Gasteiger partial charge is 0.442 e. The first-order valence-corrected chi connectivity index (χ1v) is 8.22. The lowest BCUT2D eigenvalue weighted by molar-refractivity contribution is -0.119. The average Bonchev–Trinajstić information content (AvgIpc) is 2.98. The third-order valence-electron chi connectivity index (χ3n) is 5.05. The first-order valence-electron chi connectivity index (χ1n) is 8.22. The van der Waals surface area contributed by atoms with Crippen LogP contribution in [-0.2, 0) is 14.9 Å². The van der Waals surface area contributed by atoms with Crippen LogP contribution in [0.25, 0.3) is 0 Å². The SMILES string of the molecule is CC(=O)NC[C@H]1CN(c2ccc(C34CC3=CN(C#N)C4)cc2)C(=O)O1. The lowest BCUT2D eigenvalue weighted by Crippen LogP contribution is -2.33. The van der Waals surface area contributed by atoms with Crippen LogP contribution in [0.4, 0.5) is 10.5 Å². The van der Waals surface area contributed by atoms with Gasteiger partial charge < -0.3 is 10.1 Å². The molecule has 7 nitrogen and oxygen atoms in total. The summed E-state index contributed by atoms with van der Waals surface area (Å²) < 4.78 is 5.29. The molecule has 0 bridgehead atoms. The number of nitrogens with one attached hydrogen (secondary N) is 1. The number of anilines is 1. The van der Waals surface area contributed by atoms with E-state index >= 15 is 0 Å². The van der Waals surface area contributed by atoms with E-state index in [1.807, 2.05) is 30.5 Å². The van der Waals surface area contributed by atoms with Gasteiger partial charge in [0.25, 0.3) is 0 Å². The standard InChI is InChI=1S/C18H18N4O3/c1-12(23)20-7-16-9-22(17(24)25-16)15-4-2-13(3-5-15)18-6-14(18)8-21(10-18)11-19/h2-5,8,16H,6-7,9-10H2,1H3,(H,20,23)/t16-,18?/m0/s1. The summed E-state index contributed by atoms with van der Waals surface area (Å²) in [6, 6.07) is 7.87. The van der Waals surface area contributed by atoms with Crippen molar-refractivity contribution >= 4 is 17.7 Å². The molecule has 0 radical (unpaired) electrons. The summed E-state index contributed by atoms with van der Waals surface area (Å²) in [6.45, 7) is 2.86. The maximum Gasteiger partial charge on any atom is 0.414 e. The van der Waals surface area contributed by atoms with Crippen LogP contribution in [0.15, 0.2) is 36.0 Å². The van der Waals surface area contributed by atoms with Crippen LogP contribution in [0, 0.1) is 11.5 Å². The number of nitrogens with zero attached hydrogens (tertiary/aromatic N) is 3. The number of fused-ring (bicyclic) bond motifs is 1. The van der Waals surface area contributed by atoms with Gasteiger partial charge in [0.1, 0.15) is 6.10 Å². The Bertz CT molecular complexity index is 811. The van der Waals surface area contributed by atoms with Crippen LogP contribution >= 0.6 is 0 Å². The molecule has 3 aliphatic rings. The third-order valence-corrected chi connectivity index (χ3v) is 5.05. The van der Waals surface area contributed by atoms with Gasteiger partial charge in [0.15, 0.2) is 6.19 Å². The van der Waals surface area contributed by atoms with Crippen LogP contribution in [-0.4, -0.2) is 42.6 Å². The number of ether oxygens (including phenoxy) is 1. The van der Waals surface area contributed by atoms with Gasteiger partial charge in [-0.15, -0.1) is 0 Å². The zero-order valence-electron chi connectivity index (χ0n) is 13.9. The van der Waals surface area contributed by atoms with Crippen molar-refractivity contribution in [2.45, 2.75) is 24.9 Å². The first-order chi connectivity index (χ1) is 12.0. The van der Waals surface area contributed by atoms with E-state index in [1.165, 1.54) is 18.1 Å². The number of benzene rings is 1. The van der Waals surface area contributed by atoms with Crippen molar-refractivity contribution in [3.05, 3.63) is 41.6 Å². The summed E-state index contributed by atoms with van der Waals surface area (Å²) in [6.07, 6.45) is 4.35. The normalized spacial score (nSPS) is 26.6. The summed E-state index contributed by atoms with van der Waals surface area (Å²) in [5, 5.41) is 11.7. The number of hydrogen-bond donors (Lipinski definition) is 1. The molecule has 1 aromatic rings. The topological polar surface area (TPSA) is 85.7 Å². The molecule has 2 heterocycles. The minimum absolute atomic E-state index is 0.0201. The predicted octanol–water partition coefficient (Wildman–Crippen LogP) is 1.47. The Labute approximate surface area is 145 Å². The molecule has 2 atom stereocenters. The number of nitriles is 1. The smallest absolute Gasteiger partial charge is 0.414 e. The Morgan fingerprint density at radius 3 is 2.84 bits per heavy atom. The minimum Gasteiger partial charge on any atom is -0.442 e. The molecule has 0 spiro atoms. The lowest BCUT2D eigenvalue weighted by Gasteiger charge is -2.17. The van der Waals surface area contributed by atoms with Crippen molar-refractivity contribution in [3.63, 3.8) is 0 Å². The fraction of sp³-hybridized carbons (Fsp3) is 0.389. The molecule has 1 aromatic carbocycles. The van der Waals surface area contributed by atoms with Crippen LogP contribution in [0.2, 0.25) is 0 Å². The van der Waals surface area contributed by atoms with Crippen molar-refractivity contribution in [1.82, 2.24) is 10.2 Å². The molecule has 7 heteroatoms. The summed E-state index contributed by atoms with van der Waals surface area (Å²) in [5.41, 5.74) is 3.21. The predicted molar refractivity (Wildman–Crippen MR) is 89.4 cm³/mol. The molecule has 2 aliphatic heterocycles. The monoisotopic (exact) mass is 338 g/mol. The molecule has 1 unspecified atom stereocenters. The highest BCUT2D eigenvalue weighted by Crippen LogP contribution is 2.57. The van der Waals surface area contributed by atoms with E-state index in [0.717, 1.165) is 12.1 Å². The molecule has 1 N–H and O–H groups in total. The fourth-order valence-corrected chi connectivity index (χ4v) is 3.63. The van der Waals surface area contributed by atoms with E-state index in [-0.39, 0.29) is 17.4 Å². The van der Waals surface area contributed by atoms with Gasteiger partial charge in [-0.2, -0.15) is 5.26 Å². The third kappa shape index (κ3) is 2.60. The van der Waals surface area contributed by atoms with Crippen molar-refractivity contribution in [3.8, 4) is 6.19 Å². The van der Waals surface area contributed by atoms with Crippen molar-refractivity contribution in [1.29, 1.82) is 5.26 Å². The second-order valence-corrected chi connectivity index (χ2v) is 6.74. The molecular formula is C18H18N4O3. The Kier molecular flexibility index (Phi) is 3.42. The van der Waals surface area contributed by atoms with E-state index in [0.29, 0.717) is 19.6 Å². The molecule has 0 aromatic heterocycles. The number of rotatable bonds is 4. The molecule has 2 amide bonds. The first kappa shape index (κ1) is 15.5. The van der Waals surface area contributed by atoms with Gasteiger partial charge in [0.2, 0.25) is 5.91 Å². The van der Waals surface area contributed by atoms with Gasteiger partial charge in [-0.25, -0.2) is 4.79 Å². The second kappa shape index (κ2) is 5.52. The van der Waals surface area contributed by atoms with Gasteiger partial charge in [-0.05, 0) is 29.7 Å². The van der Waals surface area contributed by atoms with Gasteiger partial charge in [-0.3, -0.25) is 14.6 Å². The average molecular weight is 338 g/mol. The number of carbonyl (C=O) groups excluding carboxylic acids is 2. The van der Waals surface area contributed by atoms with E-state index in [9.17, 15) is 9.59 Å². The summed E-state index contributed by atoms with van der Waals surface area (Å²) in [5.74, 6) is -0.144. The molecular weight excluding hydrogens is 320 g/mol. The van der Waals surface area contributed by atoms with Crippen LogP contribution < -0.4 is 10.2 Å². The highest BCUT2D eigenvalue weighted by molar-refractivity contribution is 5.89. The Hall–Kier alpha value is -3.01. The maximum atomic E-state index is 12.1. The summed E-state index contributed by atoms with van der Waals surface area (Å²) in [7, 11) is 0. The molecule has 128 valence electrons. The fourth-order valence-electron chi connectivity index (χ4n) is 3.63. The quantitative estimate of drug-likeness (QED) is 0.840. The highest BCUT2D eigenvalue weighted by atomic mass is 16.6. The maximum absolute atomic E-state index is 12.1. The number of hydrogen-bond acceptors (Lipinski definition) is 5. The lowest BCUT2D eigenvalue weighted by atomic mass is 9.95. The van der Waals surface area contributed by atoms with Crippen molar-refractivity contribution < 1.29 is 14.3 Å². The number of carbonyl (C=O) groups is 2. The van der Waals surface area contributed by atoms with Gasteiger partial charge >= 0.3 is 6.09 Å². The molecule has 1 aliphatic carbocycles. The number of amides is 2. The van der Waals surface area contributed by atoms with Crippen molar-refractivity contribution in [2.75, 3.05) is 24.5 Å². The summed E-state index contributed by atoms with van der Waals surface area (Å²) in [4.78, 5) is 26.3. The van der Waals surface area contributed by atoms with E-state index in [2.05, 4.69) is 11.5 Å². The van der Waals surface area contributed by atoms with E-state index in [4.69, 9.17) is 10.00 Å². The summed E-state index contributed by atoms with van der Waals surface area (Å²) >= 11 is 0. The van der Waals surface area contributed by atoms with Gasteiger partial charge in [0, 0.05) is 30.8 Å². The highest BCUT2D eigenvalue weighted by Gasteiger charge is 2.55. The second-order valence-electron chi connectivity index (χ2n) is 6.74. The minimum atomic E-state index is -0.398. The molecule has 25 heavy (non-hydrogen) atoms. The Morgan fingerprint density at radius 1 is 1.44 bits per heavy atom.